The first-order chi connectivity index (χ1) is 13.4. The number of methoxy groups -OCH3 is 1. The Bertz CT molecular complexity index is 1210. The molecule has 1 atom stereocenters. The standard InChI is InChI=1S/C18H18N4O5S/c1-27-18(24)13-4-2-12(3-5-13)9-21-11-19-16-15(17(21)23)8-20-22(16)14-6-7-28(25,26)10-14/h2-5,8,11,14H,6-7,9-10H2,1H3/t14-/m1/s1. The zero-order chi connectivity index (χ0) is 19.9. The largest absolute Gasteiger partial charge is 0.465 e. The van der Waals surface area contributed by atoms with Gasteiger partial charge in [-0.15, -0.1) is 0 Å². The quantitative estimate of drug-likeness (QED) is 0.593. The number of hydrogen-bond acceptors (Lipinski definition) is 7. The number of carbonyl (C=O) groups excluding carboxylic acids is 1. The van der Waals surface area contributed by atoms with Crippen molar-refractivity contribution in [3.63, 3.8) is 0 Å². The second-order valence-electron chi connectivity index (χ2n) is 6.75. The number of rotatable bonds is 4. The summed E-state index contributed by atoms with van der Waals surface area (Å²) >= 11 is 0. The topological polar surface area (TPSA) is 113 Å². The van der Waals surface area contributed by atoms with Gasteiger partial charge in [0, 0.05) is 0 Å². The van der Waals surface area contributed by atoms with Crippen molar-refractivity contribution in [1.29, 1.82) is 0 Å². The zero-order valence-electron chi connectivity index (χ0n) is 15.1. The van der Waals surface area contributed by atoms with Crippen LogP contribution in [0.3, 0.4) is 0 Å². The van der Waals surface area contributed by atoms with E-state index in [1.807, 2.05) is 0 Å². The highest BCUT2D eigenvalue weighted by atomic mass is 32.2. The summed E-state index contributed by atoms with van der Waals surface area (Å²) in [5.74, 6) is -0.285. The molecule has 1 aliphatic heterocycles. The SMILES string of the molecule is COC(=O)c1ccc(Cn2cnc3c(cnn3[C@@H]3CCS(=O)(=O)C3)c2=O)cc1. The van der Waals surface area contributed by atoms with Gasteiger partial charge in [-0.05, 0) is 24.1 Å². The van der Waals surface area contributed by atoms with E-state index < -0.39 is 15.8 Å². The Morgan fingerprint density at radius 1 is 1.29 bits per heavy atom. The van der Waals surface area contributed by atoms with E-state index in [4.69, 9.17) is 0 Å². The summed E-state index contributed by atoms with van der Waals surface area (Å²) < 4.78 is 31.1. The summed E-state index contributed by atoms with van der Waals surface area (Å²) in [5, 5.41) is 4.56. The van der Waals surface area contributed by atoms with Crippen LogP contribution in [0.25, 0.3) is 11.0 Å². The summed E-state index contributed by atoms with van der Waals surface area (Å²) in [6.45, 7) is 0.284. The molecule has 0 radical (unpaired) electrons. The molecule has 0 unspecified atom stereocenters. The third kappa shape index (κ3) is 3.31. The van der Waals surface area contributed by atoms with E-state index in [0.717, 1.165) is 5.56 Å². The molecule has 28 heavy (non-hydrogen) atoms. The molecule has 1 fully saturated rings. The van der Waals surface area contributed by atoms with Gasteiger partial charge in [0.2, 0.25) is 0 Å². The number of hydrogen-bond donors (Lipinski definition) is 0. The first-order valence-electron chi connectivity index (χ1n) is 8.68. The minimum atomic E-state index is -3.07. The molecule has 0 N–H and O–H groups in total. The van der Waals surface area contributed by atoms with E-state index in [-0.39, 0.29) is 29.7 Å². The zero-order valence-corrected chi connectivity index (χ0v) is 15.9. The van der Waals surface area contributed by atoms with Crippen LogP contribution in [0.4, 0.5) is 0 Å². The van der Waals surface area contributed by atoms with E-state index in [9.17, 15) is 18.0 Å². The fourth-order valence-electron chi connectivity index (χ4n) is 3.38. The van der Waals surface area contributed by atoms with E-state index >= 15 is 0 Å². The average Bonchev–Trinajstić information content (AvgIpc) is 3.27. The van der Waals surface area contributed by atoms with Gasteiger partial charge in [-0.1, -0.05) is 12.1 Å². The smallest absolute Gasteiger partial charge is 0.337 e. The summed E-state index contributed by atoms with van der Waals surface area (Å²) in [6, 6.07) is 6.47. The number of fused-ring (bicyclic) bond motifs is 1. The van der Waals surface area contributed by atoms with E-state index in [2.05, 4.69) is 14.8 Å². The number of benzene rings is 1. The minimum Gasteiger partial charge on any atom is -0.465 e. The maximum atomic E-state index is 12.8. The van der Waals surface area contributed by atoms with Crippen LogP contribution in [-0.4, -0.2) is 52.3 Å². The molecule has 146 valence electrons. The fourth-order valence-corrected chi connectivity index (χ4v) is 5.07. The van der Waals surface area contributed by atoms with Gasteiger partial charge in [-0.3, -0.25) is 9.36 Å². The predicted molar refractivity (Wildman–Crippen MR) is 101 cm³/mol. The molecule has 0 aliphatic carbocycles. The maximum absolute atomic E-state index is 12.8. The number of nitrogens with zero attached hydrogens (tertiary/aromatic N) is 4. The highest BCUT2D eigenvalue weighted by molar-refractivity contribution is 7.91. The summed E-state index contributed by atoms with van der Waals surface area (Å²) in [5.41, 5.74) is 1.39. The average molecular weight is 402 g/mol. The van der Waals surface area contributed by atoms with Crippen molar-refractivity contribution in [2.45, 2.75) is 19.0 Å². The molecule has 9 nitrogen and oxygen atoms in total. The van der Waals surface area contributed by atoms with Crippen molar-refractivity contribution in [2.75, 3.05) is 18.6 Å². The third-order valence-corrected chi connectivity index (χ3v) is 6.61. The summed E-state index contributed by atoms with van der Waals surface area (Å²) in [4.78, 5) is 28.6. The minimum absolute atomic E-state index is 0.0150. The van der Waals surface area contributed by atoms with Crippen LogP contribution in [0.1, 0.15) is 28.4 Å². The molecule has 10 heteroatoms. The molecular weight excluding hydrogens is 384 g/mol. The normalized spacial score (nSPS) is 18.4. The van der Waals surface area contributed by atoms with Gasteiger partial charge < -0.3 is 4.74 Å². The second-order valence-corrected chi connectivity index (χ2v) is 8.98. The summed E-state index contributed by atoms with van der Waals surface area (Å²) in [7, 11) is -1.75. The number of ether oxygens (including phenoxy) is 1. The lowest BCUT2D eigenvalue weighted by atomic mass is 10.1. The lowest BCUT2D eigenvalue weighted by molar-refractivity contribution is 0.0600. The highest BCUT2D eigenvalue weighted by Crippen LogP contribution is 2.25. The molecule has 1 aliphatic rings. The number of aromatic nitrogens is 4. The highest BCUT2D eigenvalue weighted by Gasteiger charge is 2.31. The van der Waals surface area contributed by atoms with E-state index in [1.54, 1.807) is 24.3 Å². The third-order valence-electron chi connectivity index (χ3n) is 4.86. The van der Waals surface area contributed by atoms with Gasteiger partial charge in [0.15, 0.2) is 15.5 Å². The van der Waals surface area contributed by atoms with Crippen molar-refractivity contribution in [1.82, 2.24) is 19.3 Å². The Kier molecular flexibility index (Phi) is 4.50. The van der Waals surface area contributed by atoms with Crippen molar-refractivity contribution in [3.8, 4) is 0 Å². The van der Waals surface area contributed by atoms with Gasteiger partial charge >= 0.3 is 5.97 Å². The van der Waals surface area contributed by atoms with Crippen molar-refractivity contribution in [2.24, 2.45) is 0 Å². The van der Waals surface area contributed by atoms with Gasteiger partial charge in [0.1, 0.15) is 11.7 Å². The predicted octanol–water partition coefficient (Wildman–Crippen LogP) is 0.787. The molecule has 2 aromatic heterocycles. The molecule has 0 saturated carbocycles. The molecule has 0 spiro atoms. The monoisotopic (exact) mass is 402 g/mol. The van der Waals surface area contributed by atoms with Crippen molar-refractivity contribution < 1.29 is 17.9 Å². The van der Waals surface area contributed by atoms with Crippen LogP contribution in [0, 0.1) is 0 Å². The molecule has 1 aromatic carbocycles. The number of sulfone groups is 1. The fraction of sp³-hybridized carbons (Fsp3) is 0.333. The maximum Gasteiger partial charge on any atom is 0.337 e. The lowest BCUT2D eigenvalue weighted by Crippen LogP contribution is -2.22. The van der Waals surface area contributed by atoms with Crippen LogP contribution >= 0.6 is 0 Å². The molecule has 3 aromatic rings. The Morgan fingerprint density at radius 2 is 2.04 bits per heavy atom. The van der Waals surface area contributed by atoms with Gasteiger partial charge in [0.25, 0.3) is 5.56 Å². The lowest BCUT2D eigenvalue weighted by Gasteiger charge is -2.10. The Hall–Kier alpha value is -3.01. The molecule has 0 bridgehead atoms. The van der Waals surface area contributed by atoms with Crippen LogP contribution in [0.2, 0.25) is 0 Å². The Morgan fingerprint density at radius 3 is 2.68 bits per heavy atom. The first-order valence-corrected chi connectivity index (χ1v) is 10.5. The van der Waals surface area contributed by atoms with Gasteiger partial charge in [-0.2, -0.15) is 5.10 Å². The van der Waals surface area contributed by atoms with Crippen LogP contribution < -0.4 is 5.56 Å². The molecular formula is C18H18N4O5S. The van der Waals surface area contributed by atoms with Gasteiger partial charge in [0.05, 0.1) is 43.0 Å². The van der Waals surface area contributed by atoms with E-state index in [1.165, 1.54) is 28.9 Å². The molecule has 0 amide bonds. The van der Waals surface area contributed by atoms with Crippen molar-refractivity contribution >= 4 is 26.8 Å². The van der Waals surface area contributed by atoms with Crippen LogP contribution in [0.15, 0.2) is 41.6 Å². The molecule has 3 heterocycles. The van der Waals surface area contributed by atoms with Crippen LogP contribution in [0.5, 0.6) is 0 Å². The number of carbonyl (C=O) groups is 1. The van der Waals surface area contributed by atoms with Crippen LogP contribution in [-0.2, 0) is 21.1 Å². The summed E-state index contributed by atoms with van der Waals surface area (Å²) in [6.07, 6.45) is 3.34. The Labute approximate surface area is 160 Å². The second kappa shape index (κ2) is 6.86. The van der Waals surface area contributed by atoms with E-state index in [0.29, 0.717) is 23.0 Å². The Balaban J connectivity index is 1.62. The van der Waals surface area contributed by atoms with Gasteiger partial charge in [-0.25, -0.2) is 22.9 Å². The molecule has 1 saturated heterocycles. The molecule has 4 rings (SSSR count). The van der Waals surface area contributed by atoms with Crippen molar-refractivity contribution in [3.05, 3.63) is 58.3 Å². The number of esters is 1. The first kappa shape index (κ1) is 18.4.